The highest BCUT2D eigenvalue weighted by atomic mass is 16.6. The van der Waals surface area contributed by atoms with E-state index in [9.17, 15) is 9.59 Å². The first kappa shape index (κ1) is 13.1. The first-order valence-corrected chi connectivity index (χ1v) is 6.12. The number of aliphatic carboxylic acids is 1. The maximum atomic E-state index is 11.6. The standard InChI is InChI=1S/C12H19NO5/c1-12(2,3)18-11(16)13-8-5-17-9(10(14)15)7-4-6(7)8/h6-9H,4-5H2,1-3H3,(H,13,16)(H,14,15)/t6?,7-,8?,9?/m1/s1. The van der Waals surface area contributed by atoms with Crippen molar-refractivity contribution < 1.29 is 24.2 Å². The maximum Gasteiger partial charge on any atom is 0.407 e. The smallest absolute Gasteiger partial charge is 0.407 e. The molecule has 6 heteroatoms. The molecule has 0 aromatic heterocycles. The van der Waals surface area contributed by atoms with Gasteiger partial charge in [-0.05, 0) is 33.1 Å². The largest absolute Gasteiger partial charge is 0.479 e. The van der Waals surface area contributed by atoms with Gasteiger partial charge in [0, 0.05) is 5.92 Å². The van der Waals surface area contributed by atoms with Crippen LogP contribution in [0.4, 0.5) is 4.79 Å². The average molecular weight is 257 g/mol. The molecule has 6 nitrogen and oxygen atoms in total. The molecule has 0 bridgehead atoms. The normalized spacial score (nSPS) is 34.4. The second-order valence-electron chi connectivity index (χ2n) is 5.91. The summed E-state index contributed by atoms with van der Waals surface area (Å²) in [5.74, 6) is -0.693. The van der Waals surface area contributed by atoms with Gasteiger partial charge in [-0.2, -0.15) is 0 Å². The summed E-state index contributed by atoms with van der Waals surface area (Å²) in [6.07, 6.45) is -0.403. The number of carboxylic acids is 1. The van der Waals surface area contributed by atoms with Gasteiger partial charge in [0.1, 0.15) is 5.60 Å². The van der Waals surface area contributed by atoms with Crippen LogP contribution in [0.2, 0.25) is 0 Å². The number of carbonyl (C=O) groups excluding carboxylic acids is 1. The van der Waals surface area contributed by atoms with Gasteiger partial charge in [-0.3, -0.25) is 0 Å². The molecule has 1 aliphatic heterocycles. The summed E-state index contributed by atoms with van der Waals surface area (Å²) in [5.41, 5.74) is -0.536. The lowest BCUT2D eigenvalue weighted by Crippen LogP contribution is -2.47. The van der Waals surface area contributed by atoms with Crippen LogP contribution in [0.25, 0.3) is 0 Å². The highest BCUT2D eigenvalue weighted by molar-refractivity contribution is 5.74. The average Bonchev–Trinajstić information content (AvgIpc) is 2.93. The van der Waals surface area contributed by atoms with Crippen LogP contribution in [-0.2, 0) is 14.3 Å². The zero-order valence-electron chi connectivity index (χ0n) is 10.8. The Morgan fingerprint density at radius 2 is 2.00 bits per heavy atom. The van der Waals surface area contributed by atoms with E-state index in [2.05, 4.69) is 5.32 Å². The minimum atomic E-state index is -0.918. The van der Waals surface area contributed by atoms with Crippen molar-refractivity contribution in [3.05, 3.63) is 0 Å². The van der Waals surface area contributed by atoms with Crippen molar-refractivity contribution in [2.45, 2.75) is 44.9 Å². The minimum absolute atomic E-state index is 0.0242. The fraction of sp³-hybridized carbons (Fsp3) is 0.833. The van der Waals surface area contributed by atoms with Gasteiger partial charge in [0.25, 0.3) is 0 Å². The van der Waals surface area contributed by atoms with Crippen molar-refractivity contribution in [2.75, 3.05) is 6.61 Å². The topological polar surface area (TPSA) is 84.9 Å². The Kier molecular flexibility index (Phi) is 3.23. The third-order valence-electron chi connectivity index (χ3n) is 3.20. The molecule has 0 spiro atoms. The molecule has 1 aliphatic carbocycles. The Hall–Kier alpha value is -1.30. The van der Waals surface area contributed by atoms with Crippen LogP contribution in [-0.4, -0.2) is 41.5 Å². The fourth-order valence-electron chi connectivity index (χ4n) is 2.36. The molecule has 0 aromatic rings. The number of amides is 1. The Balaban J connectivity index is 1.84. The summed E-state index contributed by atoms with van der Waals surface area (Å²) in [6.45, 7) is 5.62. The van der Waals surface area contributed by atoms with Gasteiger partial charge in [0.15, 0.2) is 6.10 Å². The monoisotopic (exact) mass is 257 g/mol. The van der Waals surface area contributed by atoms with Gasteiger partial charge in [-0.15, -0.1) is 0 Å². The first-order chi connectivity index (χ1) is 8.28. The summed E-state index contributed by atoms with van der Waals surface area (Å²) in [6, 6.07) is -0.138. The number of alkyl carbamates (subject to hydrolysis) is 1. The van der Waals surface area contributed by atoms with Gasteiger partial charge in [0.2, 0.25) is 0 Å². The Bertz CT molecular complexity index is 362. The number of hydrogen-bond donors (Lipinski definition) is 2. The lowest BCUT2D eigenvalue weighted by molar-refractivity contribution is -0.155. The van der Waals surface area contributed by atoms with Crippen molar-refractivity contribution in [1.29, 1.82) is 0 Å². The molecule has 1 amide bonds. The second kappa shape index (κ2) is 4.42. The van der Waals surface area contributed by atoms with Crippen LogP contribution < -0.4 is 5.32 Å². The predicted molar refractivity (Wildman–Crippen MR) is 62.1 cm³/mol. The molecule has 102 valence electrons. The summed E-state index contributed by atoms with van der Waals surface area (Å²) in [5, 5.41) is 11.7. The second-order valence-corrected chi connectivity index (χ2v) is 5.91. The molecule has 2 rings (SSSR count). The Labute approximate surface area is 106 Å². The predicted octanol–water partition coefficient (Wildman–Crippen LogP) is 0.999. The summed E-state index contributed by atoms with van der Waals surface area (Å²) in [4.78, 5) is 22.5. The van der Waals surface area contributed by atoms with Gasteiger partial charge < -0.3 is 19.9 Å². The molecule has 2 aliphatic rings. The van der Waals surface area contributed by atoms with E-state index in [4.69, 9.17) is 14.6 Å². The maximum absolute atomic E-state index is 11.6. The molecule has 0 radical (unpaired) electrons. The van der Waals surface area contributed by atoms with Crippen LogP contribution in [0.3, 0.4) is 0 Å². The van der Waals surface area contributed by atoms with Crippen LogP contribution in [0.1, 0.15) is 27.2 Å². The van der Waals surface area contributed by atoms with Crippen molar-refractivity contribution in [3.8, 4) is 0 Å². The quantitative estimate of drug-likeness (QED) is 0.771. The Morgan fingerprint density at radius 1 is 1.33 bits per heavy atom. The van der Waals surface area contributed by atoms with E-state index in [-0.39, 0.29) is 24.5 Å². The zero-order valence-corrected chi connectivity index (χ0v) is 10.8. The van der Waals surface area contributed by atoms with Crippen LogP contribution in [0.5, 0.6) is 0 Å². The molecule has 1 heterocycles. The van der Waals surface area contributed by atoms with E-state index >= 15 is 0 Å². The third kappa shape index (κ3) is 2.93. The lowest BCUT2D eigenvalue weighted by Gasteiger charge is -2.28. The van der Waals surface area contributed by atoms with Crippen LogP contribution in [0, 0.1) is 11.8 Å². The molecule has 4 atom stereocenters. The number of nitrogens with one attached hydrogen (secondary N) is 1. The first-order valence-electron chi connectivity index (χ1n) is 6.12. The van der Waals surface area contributed by atoms with E-state index in [0.717, 1.165) is 6.42 Å². The van der Waals surface area contributed by atoms with Crippen molar-refractivity contribution in [2.24, 2.45) is 11.8 Å². The summed E-state index contributed by atoms with van der Waals surface area (Å²) in [7, 11) is 0. The van der Waals surface area contributed by atoms with Gasteiger partial charge in [-0.25, -0.2) is 9.59 Å². The molecular weight excluding hydrogens is 238 g/mol. The van der Waals surface area contributed by atoms with Gasteiger partial charge in [0.05, 0.1) is 12.6 Å². The molecular formula is C12H19NO5. The number of fused-ring (bicyclic) bond motifs is 1. The third-order valence-corrected chi connectivity index (χ3v) is 3.20. The number of hydrogen-bond acceptors (Lipinski definition) is 4. The highest BCUT2D eigenvalue weighted by Crippen LogP contribution is 2.48. The molecule has 3 unspecified atom stereocenters. The Morgan fingerprint density at radius 3 is 2.56 bits per heavy atom. The SMILES string of the molecule is CC(C)(C)OC(=O)NC1COC(C(=O)O)[C@@H]2CC12. The van der Waals surface area contributed by atoms with Gasteiger partial charge >= 0.3 is 12.1 Å². The van der Waals surface area contributed by atoms with Crippen LogP contribution in [0.15, 0.2) is 0 Å². The lowest BCUT2D eigenvalue weighted by atomic mass is 10.1. The zero-order chi connectivity index (χ0) is 13.5. The van der Waals surface area contributed by atoms with E-state index in [0.29, 0.717) is 0 Å². The van der Waals surface area contributed by atoms with E-state index < -0.39 is 23.8 Å². The number of carbonyl (C=O) groups is 2. The van der Waals surface area contributed by atoms with Crippen molar-refractivity contribution in [3.63, 3.8) is 0 Å². The summed E-state index contributed by atoms with van der Waals surface area (Å²) < 4.78 is 10.4. The molecule has 2 N–H and O–H groups in total. The highest BCUT2D eigenvalue weighted by Gasteiger charge is 2.54. The number of ether oxygens (including phenoxy) is 2. The van der Waals surface area contributed by atoms with Crippen molar-refractivity contribution in [1.82, 2.24) is 5.32 Å². The van der Waals surface area contributed by atoms with Gasteiger partial charge in [-0.1, -0.05) is 0 Å². The van der Waals surface area contributed by atoms with E-state index in [1.807, 2.05) is 0 Å². The molecule has 0 aromatic carbocycles. The van der Waals surface area contributed by atoms with Crippen LogP contribution >= 0.6 is 0 Å². The number of carboxylic acid groups (broad SMARTS) is 1. The molecule has 1 saturated heterocycles. The van der Waals surface area contributed by atoms with E-state index in [1.165, 1.54) is 0 Å². The minimum Gasteiger partial charge on any atom is -0.479 e. The molecule has 18 heavy (non-hydrogen) atoms. The molecule has 1 saturated carbocycles. The molecule has 2 fully saturated rings. The fourth-order valence-corrected chi connectivity index (χ4v) is 2.36. The van der Waals surface area contributed by atoms with E-state index in [1.54, 1.807) is 20.8 Å². The summed E-state index contributed by atoms with van der Waals surface area (Å²) >= 11 is 0. The number of rotatable bonds is 2. The van der Waals surface area contributed by atoms with Crippen molar-refractivity contribution >= 4 is 12.1 Å².